The summed E-state index contributed by atoms with van der Waals surface area (Å²) in [7, 11) is 0. The van der Waals surface area contributed by atoms with E-state index in [0.29, 0.717) is 16.3 Å². The minimum atomic E-state index is -0.471. The number of aryl methyl sites for hydroxylation is 1. The highest BCUT2D eigenvalue weighted by molar-refractivity contribution is 6.30. The van der Waals surface area contributed by atoms with Crippen molar-refractivity contribution in [2.45, 2.75) is 6.92 Å². The van der Waals surface area contributed by atoms with Crippen molar-refractivity contribution >= 4 is 35.4 Å². The normalized spacial score (nSPS) is 10.6. The number of nitrogens with zero attached hydrogens (tertiary/aromatic N) is 1. The predicted molar refractivity (Wildman–Crippen MR) is 118 cm³/mol. The molecule has 0 atom stereocenters. The molecule has 0 aliphatic heterocycles. The van der Waals surface area contributed by atoms with Gasteiger partial charge in [0.25, 0.3) is 5.91 Å². The average molecular weight is 422 g/mol. The fourth-order valence-corrected chi connectivity index (χ4v) is 2.57. The lowest BCUT2D eigenvalue weighted by Gasteiger charge is -2.06. The summed E-state index contributed by atoms with van der Waals surface area (Å²) in [6, 6.07) is 21.0. The van der Waals surface area contributed by atoms with Crippen LogP contribution in [0.15, 0.2) is 77.9 Å². The summed E-state index contributed by atoms with van der Waals surface area (Å²) in [6.07, 6.45) is 1.51. The first-order chi connectivity index (χ1) is 14.5. The maximum absolute atomic E-state index is 12.1. The van der Waals surface area contributed by atoms with Crippen LogP contribution >= 0.6 is 11.6 Å². The van der Waals surface area contributed by atoms with Gasteiger partial charge in [-0.1, -0.05) is 29.3 Å². The molecule has 1 amide bonds. The molecule has 6 nitrogen and oxygen atoms in total. The number of hydrogen-bond acceptors (Lipinski definition) is 5. The second kappa shape index (κ2) is 10.2. The van der Waals surface area contributed by atoms with Gasteiger partial charge >= 0.3 is 5.97 Å². The van der Waals surface area contributed by atoms with Gasteiger partial charge in [-0.3, -0.25) is 4.79 Å². The molecule has 3 aromatic carbocycles. The summed E-state index contributed by atoms with van der Waals surface area (Å²) in [4.78, 5) is 23.9. The standard InChI is InChI=1S/C23H20ClN3O3/c1-16-2-10-20(11-3-16)25-15-22(28)27-26-14-17-4-12-21(13-5-17)30-23(29)18-6-8-19(24)9-7-18/h2-14,25H,15H2,1H3,(H,27,28)/b26-14-. The smallest absolute Gasteiger partial charge is 0.343 e. The van der Waals surface area contributed by atoms with Gasteiger partial charge in [0.1, 0.15) is 5.75 Å². The summed E-state index contributed by atoms with van der Waals surface area (Å²) >= 11 is 5.81. The van der Waals surface area contributed by atoms with Gasteiger partial charge in [-0.2, -0.15) is 5.10 Å². The molecule has 0 bridgehead atoms. The molecule has 7 heteroatoms. The molecule has 0 heterocycles. The zero-order valence-corrected chi connectivity index (χ0v) is 17.0. The highest BCUT2D eigenvalue weighted by Crippen LogP contribution is 2.15. The second-order valence-corrected chi connectivity index (χ2v) is 6.91. The average Bonchev–Trinajstić information content (AvgIpc) is 2.75. The highest BCUT2D eigenvalue weighted by atomic mass is 35.5. The summed E-state index contributed by atoms with van der Waals surface area (Å²) in [5.74, 6) is -0.333. The maximum Gasteiger partial charge on any atom is 0.343 e. The Balaban J connectivity index is 1.45. The van der Waals surface area contributed by atoms with Crippen molar-refractivity contribution in [2.75, 3.05) is 11.9 Å². The molecule has 30 heavy (non-hydrogen) atoms. The van der Waals surface area contributed by atoms with Crippen molar-refractivity contribution < 1.29 is 14.3 Å². The molecule has 0 saturated heterocycles. The van der Waals surface area contributed by atoms with E-state index in [1.165, 1.54) is 6.21 Å². The molecule has 0 fully saturated rings. The van der Waals surface area contributed by atoms with Crippen LogP contribution in [0.25, 0.3) is 0 Å². The maximum atomic E-state index is 12.1. The minimum Gasteiger partial charge on any atom is -0.423 e. The van der Waals surface area contributed by atoms with E-state index in [1.807, 2.05) is 31.2 Å². The molecule has 0 radical (unpaired) electrons. The quantitative estimate of drug-likeness (QED) is 0.256. The third-order valence-corrected chi connectivity index (χ3v) is 4.33. The van der Waals surface area contributed by atoms with E-state index < -0.39 is 5.97 Å². The molecule has 0 aliphatic rings. The minimum absolute atomic E-state index is 0.111. The first kappa shape index (κ1) is 21.1. The Hall–Kier alpha value is -3.64. The Morgan fingerprint density at radius 3 is 2.30 bits per heavy atom. The summed E-state index contributed by atoms with van der Waals surface area (Å²) in [5.41, 5.74) is 5.63. The van der Waals surface area contributed by atoms with Crippen LogP contribution in [0.5, 0.6) is 5.75 Å². The first-order valence-corrected chi connectivity index (χ1v) is 9.58. The molecule has 0 aromatic heterocycles. The van der Waals surface area contributed by atoms with Crippen LogP contribution in [0.1, 0.15) is 21.5 Å². The molecular formula is C23H20ClN3O3. The number of amides is 1. The zero-order valence-electron chi connectivity index (χ0n) is 16.3. The van der Waals surface area contributed by atoms with E-state index in [2.05, 4.69) is 15.8 Å². The molecule has 0 saturated carbocycles. The number of halogens is 1. The third kappa shape index (κ3) is 6.46. The summed E-state index contributed by atoms with van der Waals surface area (Å²) in [6.45, 7) is 2.11. The Kier molecular flexibility index (Phi) is 7.19. The summed E-state index contributed by atoms with van der Waals surface area (Å²) < 4.78 is 5.31. The van der Waals surface area contributed by atoms with E-state index in [4.69, 9.17) is 16.3 Å². The van der Waals surface area contributed by atoms with E-state index in [0.717, 1.165) is 16.8 Å². The van der Waals surface area contributed by atoms with Gasteiger partial charge in [-0.25, -0.2) is 10.2 Å². The fourth-order valence-electron chi connectivity index (χ4n) is 2.45. The molecule has 0 spiro atoms. The van der Waals surface area contributed by atoms with Gasteiger partial charge in [0, 0.05) is 10.7 Å². The van der Waals surface area contributed by atoms with Crippen molar-refractivity contribution in [3.8, 4) is 5.75 Å². The lowest BCUT2D eigenvalue weighted by Crippen LogP contribution is -2.25. The topological polar surface area (TPSA) is 79.8 Å². The third-order valence-electron chi connectivity index (χ3n) is 4.08. The van der Waals surface area contributed by atoms with Gasteiger partial charge in [0.2, 0.25) is 0 Å². The largest absolute Gasteiger partial charge is 0.423 e. The lowest BCUT2D eigenvalue weighted by molar-refractivity contribution is -0.119. The number of carbonyl (C=O) groups excluding carboxylic acids is 2. The molecular weight excluding hydrogens is 402 g/mol. The predicted octanol–water partition coefficient (Wildman–Crippen LogP) is 4.43. The Bertz CT molecular complexity index is 1030. The van der Waals surface area contributed by atoms with Crippen LogP contribution < -0.4 is 15.5 Å². The Morgan fingerprint density at radius 2 is 1.63 bits per heavy atom. The van der Waals surface area contributed by atoms with Gasteiger partial charge in [-0.05, 0) is 73.2 Å². The number of ether oxygens (including phenoxy) is 1. The lowest BCUT2D eigenvalue weighted by atomic mass is 10.2. The number of esters is 1. The van der Waals surface area contributed by atoms with E-state index in [9.17, 15) is 9.59 Å². The number of benzene rings is 3. The Morgan fingerprint density at radius 1 is 0.967 bits per heavy atom. The van der Waals surface area contributed by atoms with Gasteiger partial charge in [0.15, 0.2) is 0 Å². The number of nitrogens with one attached hydrogen (secondary N) is 2. The van der Waals surface area contributed by atoms with Crippen LogP contribution in [0.2, 0.25) is 5.02 Å². The molecule has 3 aromatic rings. The number of hydrogen-bond donors (Lipinski definition) is 2. The van der Waals surface area contributed by atoms with Crippen LogP contribution in [0, 0.1) is 6.92 Å². The number of anilines is 1. The van der Waals surface area contributed by atoms with Crippen LogP contribution in [-0.4, -0.2) is 24.6 Å². The molecule has 0 unspecified atom stereocenters. The molecule has 2 N–H and O–H groups in total. The van der Waals surface area contributed by atoms with E-state index in [1.54, 1.807) is 48.5 Å². The number of rotatable bonds is 7. The zero-order chi connectivity index (χ0) is 21.3. The van der Waals surface area contributed by atoms with Crippen molar-refractivity contribution in [2.24, 2.45) is 5.10 Å². The second-order valence-electron chi connectivity index (χ2n) is 6.48. The van der Waals surface area contributed by atoms with E-state index >= 15 is 0 Å². The highest BCUT2D eigenvalue weighted by Gasteiger charge is 2.08. The Labute approximate surface area is 179 Å². The van der Waals surface area contributed by atoms with Crippen LogP contribution in [-0.2, 0) is 4.79 Å². The van der Waals surface area contributed by atoms with Crippen molar-refractivity contribution in [3.05, 3.63) is 94.5 Å². The SMILES string of the molecule is Cc1ccc(NCC(=O)N/N=C\c2ccc(OC(=O)c3ccc(Cl)cc3)cc2)cc1. The summed E-state index contributed by atoms with van der Waals surface area (Å²) in [5, 5.41) is 7.50. The first-order valence-electron chi connectivity index (χ1n) is 9.20. The van der Waals surface area contributed by atoms with Gasteiger partial charge < -0.3 is 10.1 Å². The molecule has 152 valence electrons. The number of hydrazone groups is 1. The van der Waals surface area contributed by atoms with Crippen molar-refractivity contribution in [1.82, 2.24) is 5.43 Å². The monoisotopic (exact) mass is 421 g/mol. The molecule has 3 rings (SSSR count). The van der Waals surface area contributed by atoms with Gasteiger partial charge in [-0.15, -0.1) is 0 Å². The number of carbonyl (C=O) groups is 2. The van der Waals surface area contributed by atoms with Crippen LogP contribution in [0.4, 0.5) is 5.69 Å². The van der Waals surface area contributed by atoms with Crippen molar-refractivity contribution in [1.29, 1.82) is 0 Å². The van der Waals surface area contributed by atoms with Crippen molar-refractivity contribution in [3.63, 3.8) is 0 Å². The van der Waals surface area contributed by atoms with Crippen LogP contribution in [0.3, 0.4) is 0 Å². The van der Waals surface area contributed by atoms with E-state index in [-0.39, 0.29) is 12.5 Å². The molecule has 0 aliphatic carbocycles. The fraction of sp³-hybridized carbons (Fsp3) is 0.0870. The van der Waals surface area contributed by atoms with Gasteiger partial charge in [0.05, 0.1) is 18.3 Å².